The predicted octanol–water partition coefficient (Wildman–Crippen LogP) is 4.09. The van der Waals surface area contributed by atoms with E-state index in [0.717, 1.165) is 30.1 Å². The predicted molar refractivity (Wildman–Crippen MR) is 77.6 cm³/mol. The average molecular weight is 258 g/mol. The standard InChI is InChI=1S/C18H26O/c1-18-11-10-14-13-5-3-2-4-12(13)6-7-15(14)16(18)8-9-17(18)19/h2,4,6,13-17,19H,3,5,7-11H2,1H3/t13-,14+,15+,16-,17-,18-/m0/s1. The third kappa shape index (κ3) is 1.63. The quantitative estimate of drug-likeness (QED) is 0.694. The van der Waals surface area contributed by atoms with Gasteiger partial charge in [-0.15, -0.1) is 0 Å². The number of aliphatic hydroxyl groups is 1. The fraction of sp³-hybridized carbons (Fsp3) is 0.778. The van der Waals surface area contributed by atoms with Crippen molar-refractivity contribution in [2.24, 2.45) is 29.1 Å². The first-order chi connectivity index (χ1) is 9.20. The largest absolute Gasteiger partial charge is 0.393 e. The van der Waals surface area contributed by atoms with Crippen LogP contribution in [0.15, 0.2) is 23.8 Å². The molecule has 0 aromatic rings. The Morgan fingerprint density at radius 3 is 2.95 bits per heavy atom. The summed E-state index contributed by atoms with van der Waals surface area (Å²) >= 11 is 0. The van der Waals surface area contributed by atoms with Crippen molar-refractivity contribution < 1.29 is 5.11 Å². The Labute approximate surface area is 116 Å². The number of rotatable bonds is 0. The highest BCUT2D eigenvalue weighted by Gasteiger charge is 2.55. The van der Waals surface area contributed by atoms with Crippen molar-refractivity contribution in [3.8, 4) is 0 Å². The Balaban J connectivity index is 1.67. The van der Waals surface area contributed by atoms with Crippen LogP contribution in [0, 0.1) is 29.1 Å². The van der Waals surface area contributed by atoms with Crippen molar-refractivity contribution in [3.63, 3.8) is 0 Å². The molecule has 4 aliphatic rings. The zero-order valence-corrected chi connectivity index (χ0v) is 12.0. The summed E-state index contributed by atoms with van der Waals surface area (Å²) in [6.07, 6.45) is 16.1. The SMILES string of the molecule is C[C@]12CC[C@H]3[C@@H](CC=C4C=CCC[C@@H]43)[C@@H]1CC[C@@H]2O. The first-order valence-corrected chi connectivity index (χ1v) is 8.25. The van der Waals surface area contributed by atoms with E-state index in [1.165, 1.54) is 38.5 Å². The molecule has 0 bridgehead atoms. The number of hydrogen-bond acceptors (Lipinski definition) is 1. The van der Waals surface area contributed by atoms with Gasteiger partial charge in [0.1, 0.15) is 0 Å². The first-order valence-electron chi connectivity index (χ1n) is 8.25. The van der Waals surface area contributed by atoms with E-state index in [9.17, 15) is 5.11 Å². The van der Waals surface area contributed by atoms with Crippen molar-refractivity contribution in [2.45, 2.75) is 58.0 Å². The van der Waals surface area contributed by atoms with E-state index in [0.29, 0.717) is 0 Å². The summed E-state index contributed by atoms with van der Waals surface area (Å²) in [6.45, 7) is 2.37. The lowest BCUT2D eigenvalue weighted by Gasteiger charge is -2.52. The molecule has 0 aromatic carbocycles. The maximum Gasteiger partial charge on any atom is 0.0596 e. The zero-order valence-electron chi connectivity index (χ0n) is 12.0. The van der Waals surface area contributed by atoms with Crippen LogP contribution in [-0.2, 0) is 0 Å². The summed E-state index contributed by atoms with van der Waals surface area (Å²) in [6, 6.07) is 0. The van der Waals surface area contributed by atoms with Gasteiger partial charge in [-0.1, -0.05) is 25.2 Å². The van der Waals surface area contributed by atoms with Crippen LogP contribution in [0.2, 0.25) is 0 Å². The summed E-state index contributed by atoms with van der Waals surface area (Å²) in [5, 5.41) is 10.4. The average Bonchev–Trinajstić information content (AvgIpc) is 2.75. The van der Waals surface area contributed by atoms with Gasteiger partial charge in [-0.25, -0.2) is 0 Å². The Kier molecular flexibility index (Phi) is 2.71. The molecule has 0 aliphatic heterocycles. The minimum absolute atomic E-state index is 0.0323. The highest BCUT2D eigenvalue weighted by atomic mass is 16.3. The van der Waals surface area contributed by atoms with Gasteiger partial charge in [0.25, 0.3) is 0 Å². The summed E-state index contributed by atoms with van der Waals surface area (Å²) in [4.78, 5) is 0. The molecule has 4 aliphatic carbocycles. The monoisotopic (exact) mass is 258 g/mol. The van der Waals surface area contributed by atoms with E-state index in [-0.39, 0.29) is 11.5 Å². The van der Waals surface area contributed by atoms with Crippen LogP contribution in [0.3, 0.4) is 0 Å². The van der Waals surface area contributed by atoms with Gasteiger partial charge in [0.2, 0.25) is 0 Å². The first kappa shape index (κ1) is 12.2. The van der Waals surface area contributed by atoms with Crippen molar-refractivity contribution in [1.29, 1.82) is 0 Å². The Morgan fingerprint density at radius 1 is 1.16 bits per heavy atom. The highest BCUT2D eigenvalue weighted by molar-refractivity contribution is 5.29. The van der Waals surface area contributed by atoms with Gasteiger partial charge in [0.05, 0.1) is 6.10 Å². The molecule has 6 atom stereocenters. The van der Waals surface area contributed by atoms with Gasteiger partial charge >= 0.3 is 0 Å². The van der Waals surface area contributed by atoms with Gasteiger partial charge in [-0.2, -0.15) is 0 Å². The lowest BCUT2D eigenvalue weighted by atomic mass is 9.53. The van der Waals surface area contributed by atoms with E-state index in [1.54, 1.807) is 5.57 Å². The normalized spacial score (nSPS) is 52.1. The molecule has 0 saturated heterocycles. The maximum absolute atomic E-state index is 10.4. The molecule has 1 heteroatoms. The molecule has 0 amide bonds. The van der Waals surface area contributed by atoms with Crippen LogP contribution in [0.4, 0.5) is 0 Å². The van der Waals surface area contributed by atoms with Gasteiger partial charge < -0.3 is 5.11 Å². The minimum Gasteiger partial charge on any atom is -0.393 e. The maximum atomic E-state index is 10.4. The van der Waals surface area contributed by atoms with E-state index in [4.69, 9.17) is 0 Å². The van der Waals surface area contributed by atoms with Crippen LogP contribution < -0.4 is 0 Å². The Hall–Kier alpha value is -0.560. The van der Waals surface area contributed by atoms with Crippen LogP contribution in [-0.4, -0.2) is 11.2 Å². The topological polar surface area (TPSA) is 20.2 Å². The molecular weight excluding hydrogens is 232 g/mol. The van der Waals surface area contributed by atoms with Crippen molar-refractivity contribution in [2.75, 3.05) is 0 Å². The smallest absolute Gasteiger partial charge is 0.0596 e. The molecule has 0 spiro atoms. The van der Waals surface area contributed by atoms with Crippen molar-refractivity contribution in [1.82, 2.24) is 0 Å². The second-order valence-electron chi connectivity index (χ2n) is 7.60. The Morgan fingerprint density at radius 2 is 2.05 bits per heavy atom. The van der Waals surface area contributed by atoms with Crippen LogP contribution in [0.5, 0.6) is 0 Å². The highest BCUT2D eigenvalue weighted by Crippen LogP contribution is 2.60. The fourth-order valence-electron chi connectivity index (χ4n) is 5.87. The molecule has 0 unspecified atom stereocenters. The third-order valence-electron chi connectivity index (χ3n) is 6.97. The van der Waals surface area contributed by atoms with Crippen LogP contribution in [0.25, 0.3) is 0 Å². The van der Waals surface area contributed by atoms with Crippen molar-refractivity contribution >= 4 is 0 Å². The Bertz CT molecular complexity index is 435. The fourth-order valence-corrected chi connectivity index (χ4v) is 5.87. The van der Waals surface area contributed by atoms with Crippen LogP contribution in [0.1, 0.15) is 51.9 Å². The van der Waals surface area contributed by atoms with Gasteiger partial charge in [-0.3, -0.25) is 0 Å². The number of allylic oxidation sites excluding steroid dienone is 4. The van der Waals surface area contributed by atoms with E-state index in [2.05, 4.69) is 25.2 Å². The van der Waals surface area contributed by atoms with E-state index < -0.39 is 0 Å². The van der Waals surface area contributed by atoms with E-state index in [1.807, 2.05) is 0 Å². The number of hydrogen-bond donors (Lipinski definition) is 1. The van der Waals surface area contributed by atoms with Crippen LogP contribution >= 0.6 is 0 Å². The zero-order chi connectivity index (χ0) is 13.0. The number of fused-ring (bicyclic) bond motifs is 5. The molecule has 2 saturated carbocycles. The third-order valence-corrected chi connectivity index (χ3v) is 6.97. The molecule has 19 heavy (non-hydrogen) atoms. The molecule has 4 rings (SSSR count). The lowest BCUT2D eigenvalue weighted by Crippen LogP contribution is -2.46. The molecule has 104 valence electrons. The molecule has 0 heterocycles. The second kappa shape index (κ2) is 4.22. The number of aliphatic hydroxyl groups excluding tert-OH is 1. The lowest BCUT2D eigenvalue weighted by molar-refractivity contribution is -0.0451. The molecule has 1 N–H and O–H groups in total. The summed E-state index contributed by atoms with van der Waals surface area (Å²) in [5.41, 5.74) is 1.87. The summed E-state index contributed by atoms with van der Waals surface area (Å²) in [5.74, 6) is 3.39. The van der Waals surface area contributed by atoms with Gasteiger partial charge in [-0.05, 0) is 79.6 Å². The second-order valence-corrected chi connectivity index (χ2v) is 7.60. The van der Waals surface area contributed by atoms with Gasteiger partial charge in [0, 0.05) is 0 Å². The summed E-state index contributed by atoms with van der Waals surface area (Å²) < 4.78 is 0. The molecule has 0 radical (unpaired) electrons. The van der Waals surface area contributed by atoms with Gasteiger partial charge in [0.15, 0.2) is 0 Å². The molecule has 0 aromatic heterocycles. The summed E-state index contributed by atoms with van der Waals surface area (Å²) in [7, 11) is 0. The minimum atomic E-state index is -0.0323. The molecule has 1 nitrogen and oxygen atoms in total. The molecule has 2 fully saturated rings. The molecular formula is C18H26O. The van der Waals surface area contributed by atoms with Crippen molar-refractivity contribution in [3.05, 3.63) is 23.8 Å². The van der Waals surface area contributed by atoms with E-state index >= 15 is 0 Å².